The van der Waals surface area contributed by atoms with Crippen LogP contribution >= 0.6 is 11.6 Å². The fourth-order valence-corrected chi connectivity index (χ4v) is 2.57. The first kappa shape index (κ1) is 16.4. The van der Waals surface area contributed by atoms with E-state index in [1.165, 1.54) is 6.07 Å². The highest BCUT2D eigenvalue weighted by Gasteiger charge is 2.19. The molecule has 1 unspecified atom stereocenters. The van der Waals surface area contributed by atoms with Crippen molar-refractivity contribution in [2.24, 2.45) is 0 Å². The number of aromatic carboxylic acids is 1. The lowest BCUT2D eigenvalue weighted by atomic mass is 10.1. The average molecular weight is 351 g/mol. The van der Waals surface area contributed by atoms with Gasteiger partial charge in [0.25, 0.3) is 0 Å². The molecule has 126 valence electrons. The highest BCUT2D eigenvalue weighted by Crippen LogP contribution is 2.39. The summed E-state index contributed by atoms with van der Waals surface area (Å²) in [5, 5.41) is 22.5. The predicted octanol–water partition coefficient (Wildman–Crippen LogP) is 2.35. The number of carboxylic acid groups (broad SMARTS) is 1. The van der Waals surface area contributed by atoms with Gasteiger partial charge in [-0.2, -0.15) is 0 Å². The summed E-state index contributed by atoms with van der Waals surface area (Å²) >= 11 is 6.15. The molecule has 7 nitrogen and oxygen atoms in total. The smallest absolute Gasteiger partial charge is 0.354 e. The first-order valence-electron chi connectivity index (χ1n) is 7.26. The van der Waals surface area contributed by atoms with E-state index in [2.05, 4.69) is 10.3 Å². The number of anilines is 1. The van der Waals surface area contributed by atoms with Gasteiger partial charge < -0.3 is 25.0 Å². The van der Waals surface area contributed by atoms with Crippen molar-refractivity contribution in [1.29, 1.82) is 0 Å². The lowest BCUT2D eigenvalue weighted by Crippen LogP contribution is -2.17. The zero-order chi connectivity index (χ0) is 17.1. The largest absolute Gasteiger partial charge is 0.486 e. The van der Waals surface area contributed by atoms with Crippen LogP contribution in [0.4, 0.5) is 5.82 Å². The Morgan fingerprint density at radius 1 is 1.33 bits per heavy atom. The second kappa shape index (κ2) is 6.94. The van der Waals surface area contributed by atoms with Crippen molar-refractivity contribution in [3.8, 4) is 11.5 Å². The van der Waals surface area contributed by atoms with E-state index in [0.717, 1.165) is 0 Å². The van der Waals surface area contributed by atoms with E-state index in [9.17, 15) is 9.90 Å². The van der Waals surface area contributed by atoms with Crippen LogP contribution in [0.1, 0.15) is 22.2 Å². The second-order valence-electron chi connectivity index (χ2n) is 5.14. The van der Waals surface area contributed by atoms with Gasteiger partial charge in [0.2, 0.25) is 0 Å². The lowest BCUT2D eigenvalue weighted by Gasteiger charge is -2.21. The summed E-state index contributed by atoms with van der Waals surface area (Å²) in [5.74, 6) is 0.215. The predicted molar refractivity (Wildman–Crippen MR) is 87.1 cm³/mol. The molecule has 1 aliphatic rings. The SMILES string of the molecule is O=C(O)c1cccc(NCC(O)c2cc(Cl)c3c(c2)OCCO3)n1. The highest BCUT2D eigenvalue weighted by atomic mass is 35.5. The van der Waals surface area contributed by atoms with Crippen LogP contribution in [-0.2, 0) is 0 Å². The number of ether oxygens (including phenoxy) is 2. The summed E-state index contributed by atoms with van der Waals surface area (Å²) in [4.78, 5) is 14.8. The lowest BCUT2D eigenvalue weighted by molar-refractivity contribution is 0.0690. The van der Waals surface area contributed by atoms with E-state index >= 15 is 0 Å². The van der Waals surface area contributed by atoms with Crippen LogP contribution in [0.5, 0.6) is 11.5 Å². The van der Waals surface area contributed by atoms with Gasteiger partial charge in [0.15, 0.2) is 17.2 Å². The maximum absolute atomic E-state index is 10.9. The van der Waals surface area contributed by atoms with Gasteiger partial charge in [-0.25, -0.2) is 9.78 Å². The van der Waals surface area contributed by atoms with Crippen molar-refractivity contribution in [2.45, 2.75) is 6.10 Å². The number of fused-ring (bicyclic) bond motifs is 1. The number of nitrogens with one attached hydrogen (secondary N) is 1. The maximum atomic E-state index is 10.9. The van der Waals surface area contributed by atoms with E-state index in [1.54, 1.807) is 24.3 Å². The molecule has 0 aliphatic carbocycles. The van der Waals surface area contributed by atoms with Gasteiger partial charge in [-0.3, -0.25) is 0 Å². The van der Waals surface area contributed by atoms with Crippen LogP contribution in [0.3, 0.4) is 0 Å². The molecule has 3 N–H and O–H groups in total. The van der Waals surface area contributed by atoms with Crippen molar-refractivity contribution in [1.82, 2.24) is 4.98 Å². The first-order valence-corrected chi connectivity index (χ1v) is 7.63. The molecule has 1 atom stereocenters. The number of rotatable bonds is 5. The van der Waals surface area contributed by atoms with E-state index in [-0.39, 0.29) is 12.2 Å². The molecule has 1 aromatic heterocycles. The monoisotopic (exact) mass is 350 g/mol. The molecule has 0 fully saturated rings. The molecule has 24 heavy (non-hydrogen) atoms. The minimum absolute atomic E-state index is 0.0723. The normalized spacial score (nSPS) is 14.1. The van der Waals surface area contributed by atoms with Crippen molar-refractivity contribution in [2.75, 3.05) is 25.1 Å². The Labute approximate surface area is 142 Å². The molecule has 3 rings (SSSR count). The first-order chi connectivity index (χ1) is 11.5. The number of aromatic nitrogens is 1. The molecule has 8 heteroatoms. The summed E-state index contributed by atoms with van der Waals surface area (Å²) < 4.78 is 10.9. The van der Waals surface area contributed by atoms with Gasteiger partial charge in [0, 0.05) is 6.54 Å². The van der Waals surface area contributed by atoms with E-state index < -0.39 is 12.1 Å². The minimum Gasteiger partial charge on any atom is -0.486 e. The number of nitrogens with zero attached hydrogens (tertiary/aromatic N) is 1. The zero-order valence-corrected chi connectivity index (χ0v) is 13.3. The molecule has 0 amide bonds. The number of carboxylic acids is 1. The maximum Gasteiger partial charge on any atom is 0.354 e. The topological polar surface area (TPSA) is 101 Å². The Morgan fingerprint density at radius 2 is 2.12 bits per heavy atom. The summed E-state index contributed by atoms with van der Waals surface area (Å²) in [6.07, 6.45) is -0.881. The van der Waals surface area contributed by atoms with Crippen LogP contribution in [0.2, 0.25) is 5.02 Å². The molecule has 2 aromatic rings. The Bertz CT molecular complexity index is 768. The van der Waals surface area contributed by atoms with Crippen molar-refractivity contribution >= 4 is 23.4 Å². The third-order valence-electron chi connectivity index (χ3n) is 3.45. The number of hydrogen-bond donors (Lipinski definition) is 3. The van der Waals surface area contributed by atoms with Gasteiger partial charge in [0.1, 0.15) is 19.0 Å². The molecule has 2 heterocycles. The fourth-order valence-electron chi connectivity index (χ4n) is 2.29. The third kappa shape index (κ3) is 3.52. The molecular formula is C16H15ClN2O5. The number of halogens is 1. The second-order valence-corrected chi connectivity index (χ2v) is 5.54. The number of benzene rings is 1. The Hall–Kier alpha value is -2.51. The van der Waals surface area contributed by atoms with Crippen molar-refractivity contribution in [3.05, 3.63) is 46.6 Å². The number of carbonyl (C=O) groups is 1. The molecule has 1 aromatic carbocycles. The van der Waals surface area contributed by atoms with Gasteiger partial charge in [-0.1, -0.05) is 17.7 Å². The number of aliphatic hydroxyl groups is 1. The Morgan fingerprint density at radius 3 is 2.92 bits per heavy atom. The van der Waals surface area contributed by atoms with Crippen LogP contribution in [0, 0.1) is 0 Å². The summed E-state index contributed by atoms with van der Waals surface area (Å²) in [7, 11) is 0. The van der Waals surface area contributed by atoms with Crippen LogP contribution in [0.15, 0.2) is 30.3 Å². The quantitative estimate of drug-likeness (QED) is 0.760. The number of aliphatic hydroxyl groups excluding tert-OH is 1. The molecule has 0 saturated carbocycles. The standard InChI is InChI=1S/C16H15ClN2O5/c17-10-6-9(7-13-15(10)24-5-4-23-13)12(20)8-18-14-3-1-2-11(19-14)16(21)22/h1-3,6-7,12,20H,4-5,8H2,(H,18,19)(H,21,22). The summed E-state index contributed by atoms with van der Waals surface area (Å²) in [6.45, 7) is 0.987. The Balaban J connectivity index is 1.71. The van der Waals surface area contributed by atoms with Crippen LogP contribution in [-0.4, -0.2) is 40.9 Å². The average Bonchev–Trinajstić information content (AvgIpc) is 2.60. The van der Waals surface area contributed by atoms with E-state index in [0.29, 0.717) is 41.1 Å². The highest BCUT2D eigenvalue weighted by molar-refractivity contribution is 6.32. The fraction of sp³-hybridized carbons (Fsp3) is 0.250. The summed E-state index contributed by atoms with van der Waals surface area (Å²) in [5.41, 5.74) is 0.489. The van der Waals surface area contributed by atoms with Gasteiger partial charge in [-0.15, -0.1) is 0 Å². The molecular weight excluding hydrogens is 336 g/mol. The van der Waals surface area contributed by atoms with Gasteiger partial charge in [-0.05, 0) is 29.8 Å². The van der Waals surface area contributed by atoms with E-state index in [1.807, 2.05) is 0 Å². The van der Waals surface area contributed by atoms with E-state index in [4.69, 9.17) is 26.2 Å². The number of hydrogen-bond acceptors (Lipinski definition) is 6. The zero-order valence-electron chi connectivity index (χ0n) is 12.5. The molecule has 0 bridgehead atoms. The molecule has 0 spiro atoms. The van der Waals surface area contributed by atoms with Gasteiger partial charge >= 0.3 is 5.97 Å². The van der Waals surface area contributed by atoms with Crippen LogP contribution < -0.4 is 14.8 Å². The van der Waals surface area contributed by atoms with Crippen molar-refractivity contribution in [3.63, 3.8) is 0 Å². The summed E-state index contributed by atoms with van der Waals surface area (Å²) in [6, 6.07) is 7.88. The molecule has 0 radical (unpaired) electrons. The third-order valence-corrected chi connectivity index (χ3v) is 3.73. The van der Waals surface area contributed by atoms with Gasteiger partial charge in [0.05, 0.1) is 11.1 Å². The Kier molecular flexibility index (Phi) is 4.73. The van der Waals surface area contributed by atoms with Crippen molar-refractivity contribution < 1.29 is 24.5 Å². The van der Waals surface area contributed by atoms with Crippen LogP contribution in [0.25, 0.3) is 0 Å². The molecule has 0 saturated heterocycles. The minimum atomic E-state index is -1.11. The number of pyridine rings is 1. The molecule has 1 aliphatic heterocycles.